The molecule has 0 aromatic heterocycles. The van der Waals surface area contributed by atoms with Crippen molar-refractivity contribution in [1.29, 1.82) is 0 Å². The second-order valence-electron chi connectivity index (χ2n) is 8.07. The second kappa shape index (κ2) is 9.64. The van der Waals surface area contributed by atoms with Gasteiger partial charge in [0.1, 0.15) is 11.5 Å². The number of hydrogen-bond acceptors (Lipinski definition) is 3. The van der Waals surface area contributed by atoms with Crippen LogP contribution in [0.15, 0.2) is 30.8 Å². The first-order valence-electron chi connectivity index (χ1n) is 10.3. The van der Waals surface area contributed by atoms with Crippen molar-refractivity contribution in [3.8, 4) is 22.6 Å². The van der Waals surface area contributed by atoms with E-state index < -0.39 is 0 Å². The lowest BCUT2D eigenvalue weighted by molar-refractivity contribution is 0.0939. The summed E-state index contributed by atoms with van der Waals surface area (Å²) in [4.78, 5) is 12.9. The van der Waals surface area contributed by atoms with E-state index in [4.69, 9.17) is 0 Å². The fourth-order valence-electron chi connectivity index (χ4n) is 3.56. The Morgan fingerprint density at radius 1 is 1.17 bits per heavy atom. The average Bonchev–Trinajstić information content (AvgIpc) is 2.60. The smallest absolute Gasteiger partial charge is 0.255 e. The van der Waals surface area contributed by atoms with E-state index >= 15 is 0 Å². The van der Waals surface area contributed by atoms with E-state index in [0.29, 0.717) is 17.5 Å². The van der Waals surface area contributed by atoms with E-state index in [1.165, 1.54) is 0 Å². The third-order valence-corrected chi connectivity index (χ3v) is 4.96. The Balaban J connectivity index is 2.74. The highest BCUT2D eigenvalue weighted by Crippen LogP contribution is 2.44. The van der Waals surface area contributed by atoms with Gasteiger partial charge in [-0.25, -0.2) is 0 Å². The number of phenols is 2. The first kappa shape index (κ1) is 22.5. The average molecular weight is 396 g/mol. The van der Waals surface area contributed by atoms with Crippen molar-refractivity contribution in [1.82, 2.24) is 5.32 Å². The Morgan fingerprint density at radius 2 is 1.86 bits per heavy atom. The van der Waals surface area contributed by atoms with Gasteiger partial charge in [0.25, 0.3) is 5.91 Å². The molecule has 2 rings (SSSR count). The van der Waals surface area contributed by atoms with Crippen molar-refractivity contribution in [2.75, 3.05) is 0 Å². The number of allylic oxidation sites excluding steroid dienone is 1. The van der Waals surface area contributed by atoms with Crippen LogP contribution >= 0.6 is 0 Å². The number of carbonyl (C=O) groups excluding carboxylic acids is 1. The summed E-state index contributed by atoms with van der Waals surface area (Å²) >= 11 is 0. The zero-order chi connectivity index (χ0) is 21.7. The molecule has 0 aliphatic carbocycles. The molecule has 0 spiro atoms. The highest BCUT2D eigenvalue weighted by Gasteiger charge is 2.25. The maximum absolute atomic E-state index is 12.9. The number of aromatic hydroxyl groups is 2. The molecule has 4 heteroatoms. The van der Waals surface area contributed by atoms with Crippen molar-refractivity contribution >= 4 is 11.5 Å². The molecule has 0 bridgehead atoms. The summed E-state index contributed by atoms with van der Waals surface area (Å²) < 4.78 is 0. The number of rotatable bonds is 8. The molecule has 0 saturated heterocycles. The summed E-state index contributed by atoms with van der Waals surface area (Å²) in [6, 6.07) is 7.36. The third kappa shape index (κ3) is 5.20. The van der Waals surface area contributed by atoms with Gasteiger partial charge in [0.15, 0.2) is 0 Å². The molecule has 2 aromatic carbocycles. The zero-order valence-electron chi connectivity index (χ0n) is 18.2. The van der Waals surface area contributed by atoms with Crippen LogP contribution in [-0.4, -0.2) is 22.2 Å². The molecule has 0 aliphatic rings. The van der Waals surface area contributed by atoms with Gasteiger partial charge in [-0.05, 0) is 63.3 Å². The molecule has 0 atom stereocenters. The number of amides is 1. The Hall–Kier alpha value is -2.75. The summed E-state index contributed by atoms with van der Waals surface area (Å²) in [5.41, 5.74) is 4.50. The van der Waals surface area contributed by atoms with Crippen LogP contribution in [0.2, 0.25) is 0 Å². The highest BCUT2D eigenvalue weighted by atomic mass is 16.3. The van der Waals surface area contributed by atoms with Gasteiger partial charge in [-0.15, -0.1) is 0 Å². The fourth-order valence-corrected chi connectivity index (χ4v) is 3.56. The number of hydrogen-bond donors (Lipinski definition) is 3. The third-order valence-electron chi connectivity index (χ3n) is 4.96. The first-order chi connectivity index (χ1) is 13.7. The summed E-state index contributed by atoms with van der Waals surface area (Å²) in [7, 11) is 0. The normalized spacial score (nSPS) is 11.0. The van der Waals surface area contributed by atoms with E-state index in [9.17, 15) is 15.0 Å². The van der Waals surface area contributed by atoms with Crippen molar-refractivity contribution in [2.45, 2.75) is 66.3 Å². The lowest BCUT2D eigenvalue weighted by Crippen LogP contribution is -2.31. The minimum atomic E-state index is -0.324. The Kier molecular flexibility index (Phi) is 7.49. The number of phenolic OH excluding ortho intramolecular Hbond substituents is 2. The molecular formula is C25H33NO3. The summed E-state index contributed by atoms with van der Waals surface area (Å²) in [6.45, 7) is 13.7. The Morgan fingerprint density at radius 3 is 2.45 bits per heavy atom. The van der Waals surface area contributed by atoms with Crippen LogP contribution in [-0.2, 0) is 6.42 Å². The van der Waals surface area contributed by atoms with E-state index in [0.717, 1.165) is 36.0 Å². The van der Waals surface area contributed by atoms with Gasteiger partial charge in [-0.2, -0.15) is 0 Å². The predicted molar refractivity (Wildman–Crippen MR) is 120 cm³/mol. The van der Waals surface area contributed by atoms with E-state index in [-0.39, 0.29) is 34.6 Å². The second-order valence-corrected chi connectivity index (χ2v) is 8.07. The molecule has 4 nitrogen and oxygen atoms in total. The van der Waals surface area contributed by atoms with Crippen LogP contribution in [0.3, 0.4) is 0 Å². The predicted octanol–water partition coefficient (Wildman–Crippen LogP) is 5.98. The molecule has 0 heterocycles. The lowest BCUT2D eigenvalue weighted by atomic mass is 9.89. The molecule has 156 valence electrons. The van der Waals surface area contributed by atoms with E-state index in [1.807, 2.05) is 45.9 Å². The molecule has 3 N–H and O–H groups in total. The molecule has 0 radical (unpaired) electrons. The molecule has 0 saturated carbocycles. The first-order valence-corrected chi connectivity index (χ1v) is 10.3. The molecule has 2 aromatic rings. The minimum absolute atomic E-state index is 0.0248. The topological polar surface area (TPSA) is 69.6 Å². The zero-order valence-corrected chi connectivity index (χ0v) is 18.2. The fraction of sp³-hybridized carbons (Fsp3) is 0.400. The standard InChI is InChI=1S/C25H33NO3/c1-7-8-9-10-18-14-21(27)23(24(28)22(18)25(29)26-16(4)5)20-13-17(6)11-12-19(20)15(2)3/h11-14,16,27-28H,2,7-10H2,1,3-6H3,(H,26,29). The molecule has 1 amide bonds. The van der Waals surface area contributed by atoms with Crippen LogP contribution in [0.4, 0.5) is 0 Å². The van der Waals surface area contributed by atoms with Crippen molar-refractivity contribution in [3.63, 3.8) is 0 Å². The van der Waals surface area contributed by atoms with Crippen molar-refractivity contribution in [3.05, 3.63) is 53.1 Å². The minimum Gasteiger partial charge on any atom is -0.507 e. The van der Waals surface area contributed by atoms with Crippen LogP contribution in [0.1, 0.15) is 74.0 Å². The number of carbonyl (C=O) groups is 1. The summed E-state index contributed by atoms with van der Waals surface area (Å²) in [6.07, 6.45) is 3.58. The Bertz CT molecular complexity index is 913. The van der Waals surface area contributed by atoms with Crippen LogP contribution < -0.4 is 5.32 Å². The summed E-state index contributed by atoms with van der Waals surface area (Å²) in [5.74, 6) is -0.527. The SMILES string of the molecule is C=C(C)c1ccc(C)cc1-c1c(O)cc(CCCCC)c(C(=O)NC(C)C)c1O. The number of nitrogens with one attached hydrogen (secondary N) is 1. The number of benzene rings is 2. The van der Waals surface area contributed by atoms with Gasteiger partial charge >= 0.3 is 0 Å². The van der Waals surface area contributed by atoms with Gasteiger partial charge in [0.2, 0.25) is 0 Å². The number of aryl methyl sites for hydroxylation is 2. The Labute approximate surface area is 174 Å². The quantitative estimate of drug-likeness (QED) is 0.482. The number of unbranched alkanes of at least 4 members (excludes halogenated alkanes) is 2. The van der Waals surface area contributed by atoms with Gasteiger partial charge < -0.3 is 15.5 Å². The maximum atomic E-state index is 12.9. The largest absolute Gasteiger partial charge is 0.507 e. The van der Waals surface area contributed by atoms with Gasteiger partial charge in [-0.1, -0.05) is 55.7 Å². The van der Waals surface area contributed by atoms with Crippen molar-refractivity contribution < 1.29 is 15.0 Å². The van der Waals surface area contributed by atoms with Crippen LogP contribution in [0.25, 0.3) is 16.7 Å². The van der Waals surface area contributed by atoms with Crippen LogP contribution in [0.5, 0.6) is 11.5 Å². The molecule has 0 unspecified atom stereocenters. The van der Waals surface area contributed by atoms with Gasteiger partial charge in [0, 0.05) is 6.04 Å². The summed E-state index contributed by atoms with van der Waals surface area (Å²) in [5, 5.41) is 24.9. The van der Waals surface area contributed by atoms with Crippen molar-refractivity contribution in [2.24, 2.45) is 0 Å². The van der Waals surface area contributed by atoms with Gasteiger partial charge in [-0.3, -0.25) is 4.79 Å². The van der Waals surface area contributed by atoms with Gasteiger partial charge in [0.05, 0.1) is 11.1 Å². The molecular weight excluding hydrogens is 362 g/mol. The van der Waals surface area contributed by atoms with Crippen LogP contribution in [0, 0.1) is 6.92 Å². The molecule has 0 fully saturated rings. The van der Waals surface area contributed by atoms with E-state index in [2.05, 4.69) is 18.8 Å². The monoisotopic (exact) mass is 395 g/mol. The van der Waals surface area contributed by atoms with E-state index in [1.54, 1.807) is 6.07 Å². The molecule has 29 heavy (non-hydrogen) atoms. The maximum Gasteiger partial charge on any atom is 0.255 e. The lowest BCUT2D eigenvalue weighted by Gasteiger charge is -2.20. The molecule has 0 aliphatic heterocycles. The highest BCUT2D eigenvalue weighted by molar-refractivity contribution is 6.02.